The summed E-state index contributed by atoms with van der Waals surface area (Å²) in [5.74, 6) is 0.636. The van der Waals surface area contributed by atoms with Gasteiger partial charge in [-0.05, 0) is 68.4 Å². The highest BCUT2D eigenvalue weighted by Gasteiger charge is 2.16. The van der Waals surface area contributed by atoms with Crippen LogP contribution in [0.25, 0.3) is 0 Å². The van der Waals surface area contributed by atoms with E-state index in [1.165, 1.54) is 5.69 Å². The van der Waals surface area contributed by atoms with Crippen LogP contribution in [0.2, 0.25) is 0 Å². The van der Waals surface area contributed by atoms with Crippen LogP contribution in [0, 0.1) is 0 Å². The third-order valence-corrected chi connectivity index (χ3v) is 5.57. The van der Waals surface area contributed by atoms with Crippen LogP contribution in [0.4, 0.5) is 11.4 Å². The molecule has 6 heteroatoms. The molecule has 1 atom stereocenters. The third kappa shape index (κ3) is 5.28. The number of anilines is 2. The lowest BCUT2D eigenvalue weighted by atomic mass is 10.2. The van der Waals surface area contributed by atoms with Gasteiger partial charge in [-0.2, -0.15) is 0 Å². The molecule has 2 aliphatic heterocycles. The molecule has 1 amide bonds. The smallest absolute Gasteiger partial charge is 0.255 e. The van der Waals surface area contributed by atoms with Crippen LogP contribution in [0.1, 0.15) is 23.2 Å². The number of hydrogen-bond donors (Lipinski definition) is 1. The number of benzene rings is 2. The summed E-state index contributed by atoms with van der Waals surface area (Å²) < 4.78 is 11.3. The maximum absolute atomic E-state index is 12.5. The van der Waals surface area contributed by atoms with Crippen LogP contribution < -0.4 is 15.0 Å². The molecule has 0 saturated carbocycles. The quantitative estimate of drug-likeness (QED) is 0.814. The largest absolute Gasteiger partial charge is 0.491 e. The molecule has 0 bridgehead atoms. The summed E-state index contributed by atoms with van der Waals surface area (Å²) in [4.78, 5) is 17.2. The zero-order valence-electron chi connectivity index (χ0n) is 17.0. The highest BCUT2D eigenvalue weighted by atomic mass is 16.5. The van der Waals surface area contributed by atoms with Crippen LogP contribution in [-0.4, -0.2) is 63.4 Å². The van der Waals surface area contributed by atoms with E-state index in [0.717, 1.165) is 57.1 Å². The first-order chi connectivity index (χ1) is 14.2. The maximum Gasteiger partial charge on any atom is 0.255 e. The molecule has 29 heavy (non-hydrogen) atoms. The lowest BCUT2D eigenvalue weighted by molar-refractivity contribution is 0.0679. The van der Waals surface area contributed by atoms with Crippen LogP contribution in [0.3, 0.4) is 0 Å². The Bertz CT molecular complexity index is 793. The van der Waals surface area contributed by atoms with Crippen molar-refractivity contribution in [2.45, 2.75) is 18.9 Å². The Morgan fingerprint density at radius 2 is 1.79 bits per heavy atom. The zero-order chi connectivity index (χ0) is 20.1. The fraction of sp³-hybridized carbons (Fsp3) is 0.435. The molecule has 2 aliphatic rings. The Kier molecular flexibility index (Phi) is 6.32. The van der Waals surface area contributed by atoms with Crippen LogP contribution in [0.15, 0.2) is 48.5 Å². The Balaban J connectivity index is 1.29. The maximum atomic E-state index is 12.5. The summed E-state index contributed by atoms with van der Waals surface area (Å²) >= 11 is 0. The van der Waals surface area contributed by atoms with E-state index < -0.39 is 0 Å². The minimum absolute atomic E-state index is 0.122. The standard InChI is InChI=1S/C23H29N3O3/c1-25-12-14-26(15-13-25)20-8-6-19(7-9-20)24-23(27)18-4-10-21(11-5-18)29-17-22-3-2-16-28-22/h4-11,22H,2-3,12-17H2,1H3,(H,24,27). The lowest BCUT2D eigenvalue weighted by Crippen LogP contribution is -2.44. The van der Waals surface area contributed by atoms with E-state index in [1.54, 1.807) is 12.1 Å². The van der Waals surface area contributed by atoms with Crippen molar-refractivity contribution in [2.75, 3.05) is 56.7 Å². The first kappa shape index (κ1) is 19.7. The van der Waals surface area contributed by atoms with Crippen LogP contribution >= 0.6 is 0 Å². The second-order valence-corrected chi connectivity index (χ2v) is 7.76. The van der Waals surface area contributed by atoms with Crippen LogP contribution in [0.5, 0.6) is 5.75 Å². The number of amides is 1. The van der Waals surface area contributed by atoms with E-state index in [1.807, 2.05) is 24.3 Å². The molecule has 2 aromatic rings. The van der Waals surface area contributed by atoms with Gasteiger partial charge in [0.05, 0.1) is 6.10 Å². The van der Waals surface area contributed by atoms with Crippen molar-refractivity contribution in [1.29, 1.82) is 0 Å². The molecule has 0 aliphatic carbocycles. The minimum Gasteiger partial charge on any atom is -0.491 e. The van der Waals surface area contributed by atoms with Gasteiger partial charge in [0, 0.05) is 49.7 Å². The average Bonchev–Trinajstić information content (AvgIpc) is 3.27. The summed E-state index contributed by atoms with van der Waals surface area (Å²) in [5.41, 5.74) is 2.60. The SMILES string of the molecule is CN1CCN(c2ccc(NC(=O)c3ccc(OCC4CCCO4)cc3)cc2)CC1. The predicted octanol–water partition coefficient (Wildman–Crippen LogP) is 3.25. The summed E-state index contributed by atoms with van der Waals surface area (Å²) in [5, 5.41) is 2.97. The molecule has 4 rings (SSSR count). The van der Waals surface area contributed by atoms with Crippen molar-refractivity contribution >= 4 is 17.3 Å². The highest BCUT2D eigenvalue weighted by Crippen LogP contribution is 2.21. The van der Waals surface area contributed by atoms with E-state index in [4.69, 9.17) is 9.47 Å². The van der Waals surface area contributed by atoms with Gasteiger partial charge >= 0.3 is 0 Å². The van der Waals surface area contributed by atoms with Gasteiger partial charge in [0.1, 0.15) is 12.4 Å². The summed E-state index contributed by atoms with van der Waals surface area (Å²) in [7, 11) is 2.15. The normalized spacial score (nSPS) is 19.9. The van der Waals surface area contributed by atoms with E-state index in [2.05, 4.69) is 34.3 Å². The monoisotopic (exact) mass is 395 g/mol. The summed E-state index contributed by atoms with van der Waals surface area (Å²) in [6, 6.07) is 15.3. The Morgan fingerprint density at radius 3 is 2.45 bits per heavy atom. The van der Waals surface area contributed by atoms with Gasteiger partial charge in [-0.15, -0.1) is 0 Å². The summed E-state index contributed by atoms with van der Waals surface area (Å²) in [6.07, 6.45) is 2.34. The highest BCUT2D eigenvalue weighted by molar-refractivity contribution is 6.04. The number of rotatable bonds is 6. The molecule has 1 N–H and O–H groups in total. The number of likely N-dealkylation sites (N-methyl/N-ethyl adjacent to an activating group) is 1. The minimum atomic E-state index is -0.122. The fourth-order valence-electron chi connectivity index (χ4n) is 3.69. The first-order valence-electron chi connectivity index (χ1n) is 10.4. The molecule has 2 saturated heterocycles. The molecule has 0 radical (unpaired) electrons. The van der Waals surface area contributed by atoms with Crippen molar-refractivity contribution in [1.82, 2.24) is 4.90 Å². The number of hydrogen-bond acceptors (Lipinski definition) is 5. The van der Waals surface area contributed by atoms with E-state index in [9.17, 15) is 4.79 Å². The number of carbonyl (C=O) groups excluding carboxylic acids is 1. The van der Waals surface area contributed by atoms with Gasteiger partial charge in [-0.1, -0.05) is 0 Å². The summed E-state index contributed by atoms with van der Waals surface area (Å²) in [6.45, 7) is 5.60. The van der Waals surface area contributed by atoms with Gasteiger partial charge in [-0.25, -0.2) is 0 Å². The molecule has 2 aromatic carbocycles. The number of piperazine rings is 1. The Labute approximate surface area is 172 Å². The van der Waals surface area contributed by atoms with Crippen molar-refractivity contribution < 1.29 is 14.3 Å². The van der Waals surface area contributed by atoms with Crippen LogP contribution in [-0.2, 0) is 4.74 Å². The molecule has 2 fully saturated rings. The van der Waals surface area contributed by atoms with E-state index >= 15 is 0 Å². The average molecular weight is 396 g/mol. The topological polar surface area (TPSA) is 54.0 Å². The molecule has 2 heterocycles. The van der Waals surface area contributed by atoms with Crippen molar-refractivity contribution in [2.24, 2.45) is 0 Å². The molecule has 0 aromatic heterocycles. The van der Waals surface area contributed by atoms with Gasteiger partial charge in [0.25, 0.3) is 5.91 Å². The molecule has 0 spiro atoms. The van der Waals surface area contributed by atoms with Gasteiger partial charge in [0.2, 0.25) is 0 Å². The van der Waals surface area contributed by atoms with Gasteiger partial charge in [-0.3, -0.25) is 4.79 Å². The van der Waals surface area contributed by atoms with Gasteiger partial charge in [0.15, 0.2) is 0 Å². The molecule has 154 valence electrons. The second kappa shape index (κ2) is 9.29. The Hall–Kier alpha value is -2.57. The lowest BCUT2D eigenvalue weighted by Gasteiger charge is -2.34. The molecule has 1 unspecified atom stereocenters. The van der Waals surface area contributed by atoms with Crippen molar-refractivity contribution in [3.63, 3.8) is 0 Å². The first-order valence-corrected chi connectivity index (χ1v) is 10.4. The van der Waals surface area contributed by atoms with Crippen molar-refractivity contribution in [3.8, 4) is 5.75 Å². The predicted molar refractivity (Wildman–Crippen MR) is 115 cm³/mol. The van der Waals surface area contributed by atoms with Crippen molar-refractivity contribution in [3.05, 3.63) is 54.1 Å². The fourth-order valence-corrected chi connectivity index (χ4v) is 3.69. The zero-order valence-corrected chi connectivity index (χ0v) is 17.0. The Morgan fingerprint density at radius 1 is 1.07 bits per heavy atom. The van der Waals surface area contributed by atoms with E-state index in [-0.39, 0.29) is 12.0 Å². The number of nitrogens with one attached hydrogen (secondary N) is 1. The third-order valence-electron chi connectivity index (χ3n) is 5.57. The molecule has 6 nitrogen and oxygen atoms in total. The second-order valence-electron chi connectivity index (χ2n) is 7.76. The number of carbonyl (C=O) groups is 1. The van der Waals surface area contributed by atoms with E-state index in [0.29, 0.717) is 12.2 Å². The number of ether oxygens (including phenoxy) is 2. The molecular formula is C23H29N3O3. The van der Waals surface area contributed by atoms with Gasteiger partial charge < -0.3 is 24.6 Å². The molecular weight excluding hydrogens is 366 g/mol. The number of nitrogens with zero attached hydrogens (tertiary/aromatic N) is 2.